The maximum absolute atomic E-state index is 11.3. The summed E-state index contributed by atoms with van der Waals surface area (Å²) < 4.78 is 33.8. The highest BCUT2D eigenvalue weighted by molar-refractivity contribution is 7.90. The lowest BCUT2D eigenvalue weighted by Crippen LogP contribution is -2.32. The second-order valence-corrected chi connectivity index (χ2v) is 7.78. The summed E-state index contributed by atoms with van der Waals surface area (Å²) in [5, 5.41) is 3.18. The Hall–Kier alpha value is -2.12. The van der Waals surface area contributed by atoms with E-state index in [2.05, 4.69) is 10.3 Å². The van der Waals surface area contributed by atoms with Crippen LogP contribution in [0.1, 0.15) is 12.5 Å². The van der Waals surface area contributed by atoms with E-state index >= 15 is 0 Å². The molecule has 1 unspecified atom stereocenters. The maximum atomic E-state index is 11.3. The summed E-state index contributed by atoms with van der Waals surface area (Å²) in [6.45, 7) is 2.28. The summed E-state index contributed by atoms with van der Waals surface area (Å²) in [5.41, 5.74) is 0.837. The molecule has 1 atom stereocenters. The molecule has 0 spiro atoms. The fraction of sp³-hybridized carbons (Fsp3) is 0.353. The van der Waals surface area contributed by atoms with Gasteiger partial charge in [0.2, 0.25) is 5.88 Å². The maximum Gasteiger partial charge on any atom is 0.223 e. The minimum atomic E-state index is -3.02. The largest absolute Gasteiger partial charge is 0.493 e. The number of sulfone groups is 1. The van der Waals surface area contributed by atoms with Crippen LogP contribution >= 0.6 is 0 Å². The van der Waals surface area contributed by atoms with E-state index in [9.17, 15) is 8.42 Å². The Kier molecular flexibility index (Phi) is 6.16. The van der Waals surface area contributed by atoms with E-state index in [4.69, 9.17) is 9.47 Å². The van der Waals surface area contributed by atoms with E-state index in [0.29, 0.717) is 23.9 Å². The van der Waals surface area contributed by atoms with Gasteiger partial charge in [-0.3, -0.25) is 0 Å². The zero-order chi connectivity index (χ0) is 17.6. The van der Waals surface area contributed by atoms with Gasteiger partial charge in [0.25, 0.3) is 0 Å². The quantitative estimate of drug-likeness (QED) is 0.788. The number of nitrogens with one attached hydrogen (secondary N) is 1. The average Bonchev–Trinajstić information content (AvgIpc) is 2.53. The van der Waals surface area contributed by atoms with Crippen molar-refractivity contribution in [2.45, 2.75) is 19.5 Å². The van der Waals surface area contributed by atoms with Crippen molar-refractivity contribution in [2.75, 3.05) is 19.1 Å². The minimum absolute atomic E-state index is 0.0793. The first kappa shape index (κ1) is 18.2. The summed E-state index contributed by atoms with van der Waals surface area (Å²) >= 11 is 0. The van der Waals surface area contributed by atoms with Crippen molar-refractivity contribution in [1.82, 2.24) is 10.3 Å². The molecule has 1 heterocycles. The first-order chi connectivity index (χ1) is 11.4. The van der Waals surface area contributed by atoms with Crippen LogP contribution in [-0.4, -0.2) is 38.6 Å². The van der Waals surface area contributed by atoms with Gasteiger partial charge in [-0.15, -0.1) is 0 Å². The Labute approximate surface area is 142 Å². The van der Waals surface area contributed by atoms with Gasteiger partial charge < -0.3 is 14.8 Å². The van der Waals surface area contributed by atoms with Gasteiger partial charge >= 0.3 is 0 Å². The first-order valence-electron chi connectivity index (χ1n) is 7.55. The molecule has 0 saturated heterocycles. The molecule has 1 aromatic carbocycles. The third-order valence-corrected chi connectivity index (χ3v) is 4.42. The van der Waals surface area contributed by atoms with Gasteiger partial charge in [-0.25, -0.2) is 13.4 Å². The fourth-order valence-electron chi connectivity index (χ4n) is 2.26. The van der Waals surface area contributed by atoms with Gasteiger partial charge in [0.15, 0.2) is 11.5 Å². The van der Waals surface area contributed by atoms with E-state index in [1.807, 2.05) is 37.3 Å². The predicted molar refractivity (Wildman–Crippen MR) is 93.3 cm³/mol. The number of benzene rings is 1. The second-order valence-electron chi connectivity index (χ2n) is 5.59. The van der Waals surface area contributed by atoms with Crippen LogP contribution in [0, 0.1) is 0 Å². The molecule has 1 N–H and O–H groups in total. The summed E-state index contributed by atoms with van der Waals surface area (Å²) in [6, 6.07) is 10.9. The second kappa shape index (κ2) is 8.12. The van der Waals surface area contributed by atoms with E-state index in [0.717, 1.165) is 5.56 Å². The van der Waals surface area contributed by atoms with Crippen molar-refractivity contribution in [2.24, 2.45) is 0 Å². The van der Waals surface area contributed by atoms with Crippen molar-refractivity contribution < 1.29 is 17.9 Å². The minimum Gasteiger partial charge on any atom is -0.493 e. The smallest absolute Gasteiger partial charge is 0.223 e. The van der Waals surface area contributed by atoms with Gasteiger partial charge in [0.05, 0.1) is 12.9 Å². The fourth-order valence-corrected chi connectivity index (χ4v) is 3.28. The van der Waals surface area contributed by atoms with Gasteiger partial charge in [-0.1, -0.05) is 18.2 Å². The normalized spacial score (nSPS) is 12.6. The van der Waals surface area contributed by atoms with Crippen LogP contribution in [-0.2, 0) is 16.4 Å². The number of para-hydroxylation sites is 2. The van der Waals surface area contributed by atoms with Gasteiger partial charge in [0.1, 0.15) is 9.84 Å². The van der Waals surface area contributed by atoms with Crippen molar-refractivity contribution in [3.63, 3.8) is 0 Å². The molecule has 0 aliphatic rings. The third-order valence-electron chi connectivity index (χ3n) is 3.32. The van der Waals surface area contributed by atoms with Crippen LogP contribution in [0.2, 0.25) is 0 Å². The summed E-state index contributed by atoms with van der Waals surface area (Å²) in [6.07, 6.45) is 2.87. The zero-order valence-corrected chi connectivity index (χ0v) is 14.8. The molecule has 7 heteroatoms. The molecular weight excluding hydrogens is 328 g/mol. The predicted octanol–water partition coefficient (Wildman–Crippen LogP) is 2.41. The molecule has 2 aromatic rings. The van der Waals surface area contributed by atoms with Crippen LogP contribution in [0.5, 0.6) is 17.4 Å². The monoisotopic (exact) mass is 350 g/mol. The van der Waals surface area contributed by atoms with E-state index in [-0.39, 0.29) is 11.8 Å². The van der Waals surface area contributed by atoms with Crippen LogP contribution in [0.25, 0.3) is 0 Å². The van der Waals surface area contributed by atoms with E-state index in [1.165, 1.54) is 6.26 Å². The molecule has 130 valence electrons. The molecule has 0 amide bonds. The Morgan fingerprint density at radius 2 is 1.88 bits per heavy atom. The van der Waals surface area contributed by atoms with Crippen molar-refractivity contribution >= 4 is 9.84 Å². The Balaban J connectivity index is 2.10. The summed E-state index contributed by atoms with van der Waals surface area (Å²) in [5.74, 6) is 1.73. The molecule has 0 aliphatic heterocycles. The molecule has 2 rings (SSSR count). The lowest BCUT2D eigenvalue weighted by Gasteiger charge is -2.15. The topological polar surface area (TPSA) is 77.5 Å². The molecule has 0 saturated carbocycles. The number of aromatic nitrogens is 1. The summed E-state index contributed by atoms with van der Waals surface area (Å²) in [7, 11) is -1.44. The Morgan fingerprint density at radius 3 is 2.54 bits per heavy atom. The Bertz CT molecular complexity index is 778. The summed E-state index contributed by atoms with van der Waals surface area (Å²) in [4.78, 5) is 4.27. The third kappa shape index (κ3) is 5.50. The molecule has 0 bridgehead atoms. The molecule has 24 heavy (non-hydrogen) atoms. The van der Waals surface area contributed by atoms with Crippen LogP contribution in [0.3, 0.4) is 0 Å². The van der Waals surface area contributed by atoms with Crippen LogP contribution in [0.15, 0.2) is 42.6 Å². The molecular formula is C17H22N2O4S. The number of ether oxygens (including phenoxy) is 2. The van der Waals surface area contributed by atoms with E-state index < -0.39 is 9.84 Å². The number of nitrogens with zero attached hydrogens (tertiary/aromatic N) is 1. The van der Waals surface area contributed by atoms with Crippen LogP contribution < -0.4 is 14.8 Å². The van der Waals surface area contributed by atoms with Gasteiger partial charge in [-0.05, 0) is 25.1 Å². The number of pyridine rings is 1. The SMILES string of the molecule is COc1ccccc1Oc1ncccc1CNC(C)CS(C)(=O)=O. The standard InChI is InChI=1S/C17H22N2O4S/c1-13(12-24(3,20)21)19-11-14-7-6-10-18-17(14)23-16-9-5-4-8-15(16)22-2/h4-10,13,19H,11-12H2,1-3H3. The number of hydrogen-bond donors (Lipinski definition) is 1. The van der Waals surface area contributed by atoms with Crippen LogP contribution in [0.4, 0.5) is 0 Å². The molecule has 0 aliphatic carbocycles. The zero-order valence-electron chi connectivity index (χ0n) is 14.0. The highest BCUT2D eigenvalue weighted by atomic mass is 32.2. The first-order valence-corrected chi connectivity index (χ1v) is 9.61. The van der Waals surface area contributed by atoms with Crippen molar-refractivity contribution in [3.8, 4) is 17.4 Å². The number of methoxy groups -OCH3 is 1. The molecule has 6 nitrogen and oxygen atoms in total. The van der Waals surface area contributed by atoms with Gasteiger partial charge in [-0.2, -0.15) is 0 Å². The lowest BCUT2D eigenvalue weighted by atomic mass is 10.2. The lowest BCUT2D eigenvalue weighted by molar-refractivity contribution is 0.371. The molecule has 1 aromatic heterocycles. The number of hydrogen-bond acceptors (Lipinski definition) is 6. The molecule has 0 fully saturated rings. The number of rotatable bonds is 8. The average molecular weight is 350 g/mol. The van der Waals surface area contributed by atoms with Crippen molar-refractivity contribution in [1.29, 1.82) is 0 Å². The highest BCUT2D eigenvalue weighted by Gasteiger charge is 2.13. The Morgan fingerprint density at radius 1 is 1.17 bits per heavy atom. The molecule has 0 radical (unpaired) electrons. The van der Waals surface area contributed by atoms with Gasteiger partial charge in [0, 0.05) is 30.6 Å². The highest BCUT2D eigenvalue weighted by Crippen LogP contribution is 2.31. The van der Waals surface area contributed by atoms with Crippen molar-refractivity contribution in [3.05, 3.63) is 48.2 Å². The van der Waals surface area contributed by atoms with E-state index in [1.54, 1.807) is 19.4 Å².